The molecule has 2 aliphatic rings. The second kappa shape index (κ2) is 4.71. The van der Waals surface area contributed by atoms with E-state index in [-0.39, 0.29) is 5.60 Å². The number of morpholine rings is 1. The van der Waals surface area contributed by atoms with E-state index in [1.165, 1.54) is 11.3 Å². The van der Waals surface area contributed by atoms with Crippen LogP contribution in [-0.4, -0.2) is 31.9 Å². The fourth-order valence-corrected chi connectivity index (χ4v) is 3.22. The van der Waals surface area contributed by atoms with Crippen LogP contribution in [0.2, 0.25) is 0 Å². The molecule has 2 aliphatic heterocycles. The average molecular weight is 261 g/mol. The minimum atomic E-state index is -0.0487. The second-order valence-electron chi connectivity index (χ2n) is 6.29. The molecule has 3 heteroatoms. The van der Waals surface area contributed by atoms with Crippen LogP contribution in [0.25, 0.3) is 0 Å². The quantitative estimate of drug-likeness (QED) is 0.775. The molecule has 1 saturated heterocycles. The predicted molar refractivity (Wildman–Crippen MR) is 77.2 cm³/mol. The molecule has 3 nitrogen and oxygen atoms in total. The third kappa shape index (κ3) is 2.57. The predicted octanol–water partition coefficient (Wildman–Crippen LogP) is 3.19. The SMILES string of the molecule is CC1CC(C)(C)Oc2ccc(N3CCOCC3)cc21. The molecule has 19 heavy (non-hydrogen) atoms. The molecule has 2 heterocycles. The number of fused-ring (bicyclic) bond motifs is 1. The van der Waals surface area contributed by atoms with Crippen LogP contribution in [0.15, 0.2) is 18.2 Å². The summed E-state index contributed by atoms with van der Waals surface area (Å²) in [7, 11) is 0. The van der Waals surface area contributed by atoms with E-state index in [0.29, 0.717) is 5.92 Å². The van der Waals surface area contributed by atoms with Crippen molar-refractivity contribution in [3.63, 3.8) is 0 Å². The number of benzene rings is 1. The zero-order valence-corrected chi connectivity index (χ0v) is 12.1. The number of anilines is 1. The molecule has 3 rings (SSSR count). The van der Waals surface area contributed by atoms with E-state index >= 15 is 0 Å². The molecule has 1 atom stereocenters. The first-order chi connectivity index (χ1) is 9.05. The van der Waals surface area contributed by atoms with Crippen LogP contribution in [0, 0.1) is 0 Å². The van der Waals surface area contributed by atoms with Gasteiger partial charge >= 0.3 is 0 Å². The van der Waals surface area contributed by atoms with Gasteiger partial charge in [-0.2, -0.15) is 0 Å². The van der Waals surface area contributed by atoms with Crippen LogP contribution in [-0.2, 0) is 4.74 Å². The molecule has 1 aromatic carbocycles. The molecule has 0 radical (unpaired) electrons. The van der Waals surface area contributed by atoms with Crippen LogP contribution in [0.4, 0.5) is 5.69 Å². The first-order valence-corrected chi connectivity index (χ1v) is 7.21. The summed E-state index contributed by atoms with van der Waals surface area (Å²) in [6.07, 6.45) is 1.08. The Morgan fingerprint density at radius 3 is 2.68 bits per heavy atom. The van der Waals surface area contributed by atoms with E-state index in [4.69, 9.17) is 9.47 Å². The van der Waals surface area contributed by atoms with E-state index in [2.05, 4.69) is 43.9 Å². The van der Waals surface area contributed by atoms with Crippen LogP contribution in [0.5, 0.6) is 5.75 Å². The lowest BCUT2D eigenvalue weighted by Gasteiger charge is -2.37. The molecule has 104 valence electrons. The van der Waals surface area contributed by atoms with Crippen molar-refractivity contribution in [1.29, 1.82) is 0 Å². The Bertz CT molecular complexity index is 464. The minimum Gasteiger partial charge on any atom is -0.488 e. The molecule has 1 unspecified atom stereocenters. The summed E-state index contributed by atoms with van der Waals surface area (Å²) >= 11 is 0. The lowest BCUT2D eigenvalue weighted by atomic mass is 9.85. The van der Waals surface area contributed by atoms with E-state index in [0.717, 1.165) is 38.5 Å². The fraction of sp³-hybridized carbons (Fsp3) is 0.625. The summed E-state index contributed by atoms with van der Waals surface area (Å²) in [4.78, 5) is 2.40. The Labute approximate surface area is 115 Å². The average Bonchev–Trinajstić information content (AvgIpc) is 2.38. The van der Waals surface area contributed by atoms with Gasteiger partial charge in [-0.25, -0.2) is 0 Å². The van der Waals surface area contributed by atoms with E-state index in [1.54, 1.807) is 0 Å². The Morgan fingerprint density at radius 1 is 1.21 bits per heavy atom. The summed E-state index contributed by atoms with van der Waals surface area (Å²) < 4.78 is 11.5. The highest BCUT2D eigenvalue weighted by atomic mass is 16.5. The van der Waals surface area contributed by atoms with E-state index in [1.807, 2.05) is 0 Å². The van der Waals surface area contributed by atoms with Crippen molar-refractivity contribution in [2.45, 2.75) is 38.7 Å². The van der Waals surface area contributed by atoms with Gasteiger partial charge in [0.25, 0.3) is 0 Å². The molecule has 1 aromatic rings. The Morgan fingerprint density at radius 2 is 1.95 bits per heavy atom. The van der Waals surface area contributed by atoms with Gasteiger partial charge in [0.15, 0.2) is 0 Å². The van der Waals surface area contributed by atoms with Crippen LogP contribution < -0.4 is 9.64 Å². The van der Waals surface area contributed by atoms with Gasteiger partial charge in [-0.05, 0) is 49.9 Å². The maximum absolute atomic E-state index is 6.09. The number of hydrogen-bond donors (Lipinski definition) is 0. The third-order valence-corrected chi connectivity index (χ3v) is 4.08. The first-order valence-electron chi connectivity index (χ1n) is 7.21. The zero-order valence-electron chi connectivity index (χ0n) is 12.1. The number of ether oxygens (including phenoxy) is 2. The van der Waals surface area contributed by atoms with Crippen molar-refractivity contribution in [2.75, 3.05) is 31.2 Å². The molecule has 0 N–H and O–H groups in total. The molecule has 0 bridgehead atoms. The first kappa shape index (κ1) is 12.8. The summed E-state index contributed by atoms with van der Waals surface area (Å²) in [5, 5.41) is 0. The van der Waals surface area contributed by atoms with Gasteiger partial charge in [-0.1, -0.05) is 6.92 Å². The van der Waals surface area contributed by atoms with Gasteiger partial charge in [-0.15, -0.1) is 0 Å². The second-order valence-corrected chi connectivity index (χ2v) is 6.29. The highest BCUT2D eigenvalue weighted by molar-refractivity contribution is 5.55. The van der Waals surface area contributed by atoms with Crippen molar-refractivity contribution >= 4 is 5.69 Å². The summed E-state index contributed by atoms with van der Waals surface area (Å²) in [6, 6.07) is 6.62. The van der Waals surface area contributed by atoms with Gasteiger partial charge < -0.3 is 14.4 Å². The third-order valence-electron chi connectivity index (χ3n) is 4.08. The number of nitrogens with zero attached hydrogens (tertiary/aromatic N) is 1. The summed E-state index contributed by atoms with van der Waals surface area (Å²) in [5.74, 6) is 1.61. The van der Waals surface area contributed by atoms with Gasteiger partial charge in [0.2, 0.25) is 0 Å². The molecule has 0 amide bonds. The van der Waals surface area contributed by atoms with Gasteiger partial charge in [0.1, 0.15) is 11.4 Å². The van der Waals surface area contributed by atoms with E-state index < -0.39 is 0 Å². The largest absolute Gasteiger partial charge is 0.488 e. The minimum absolute atomic E-state index is 0.0487. The lowest BCUT2D eigenvalue weighted by Crippen LogP contribution is -2.37. The molecule has 0 spiro atoms. The highest BCUT2D eigenvalue weighted by Gasteiger charge is 2.31. The Balaban J connectivity index is 1.89. The van der Waals surface area contributed by atoms with Crippen molar-refractivity contribution in [3.05, 3.63) is 23.8 Å². The number of hydrogen-bond acceptors (Lipinski definition) is 3. The molecule has 0 aromatic heterocycles. The number of rotatable bonds is 1. The molecule has 1 fully saturated rings. The summed E-state index contributed by atoms with van der Waals surface area (Å²) in [6.45, 7) is 10.3. The van der Waals surface area contributed by atoms with Crippen molar-refractivity contribution in [3.8, 4) is 5.75 Å². The van der Waals surface area contributed by atoms with Crippen molar-refractivity contribution in [2.24, 2.45) is 0 Å². The Hall–Kier alpha value is -1.22. The highest BCUT2D eigenvalue weighted by Crippen LogP contribution is 2.42. The van der Waals surface area contributed by atoms with Gasteiger partial charge in [0, 0.05) is 18.8 Å². The standard InChI is InChI=1S/C16H23NO2/c1-12-11-16(2,3)19-15-5-4-13(10-14(12)15)17-6-8-18-9-7-17/h4-5,10,12H,6-9,11H2,1-3H3. The smallest absolute Gasteiger partial charge is 0.123 e. The Kier molecular flexibility index (Phi) is 3.17. The molecular weight excluding hydrogens is 238 g/mol. The molecule has 0 aliphatic carbocycles. The normalized spacial score (nSPS) is 25.6. The topological polar surface area (TPSA) is 21.7 Å². The summed E-state index contributed by atoms with van der Waals surface area (Å²) in [5.41, 5.74) is 2.60. The monoisotopic (exact) mass is 261 g/mol. The maximum Gasteiger partial charge on any atom is 0.123 e. The molecule has 0 saturated carbocycles. The maximum atomic E-state index is 6.09. The van der Waals surface area contributed by atoms with Crippen molar-refractivity contribution in [1.82, 2.24) is 0 Å². The fourth-order valence-electron chi connectivity index (χ4n) is 3.22. The zero-order chi connectivity index (χ0) is 13.5. The van der Waals surface area contributed by atoms with Crippen molar-refractivity contribution < 1.29 is 9.47 Å². The lowest BCUT2D eigenvalue weighted by molar-refractivity contribution is 0.0746. The van der Waals surface area contributed by atoms with Crippen LogP contribution >= 0.6 is 0 Å². The van der Waals surface area contributed by atoms with Gasteiger partial charge in [-0.3, -0.25) is 0 Å². The van der Waals surface area contributed by atoms with E-state index in [9.17, 15) is 0 Å². The van der Waals surface area contributed by atoms with Gasteiger partial charge in [0.05, 0.1) is 13.2 Å². The molecular formula is C16H23NO2. The van der Waals surface area contributed by atoms with Crippen LogP contribution in [0.1, 0.15) is 38.7 Å². The van der Waals surface area contributed by atoms with Crippen LogP contribution in [0.3, 0.4) is 0 Å².